The molecule has 0 fully saturated rings. The maximum absolute atomic E-state index is 12.5. The molecule has 0 spiro atoms. The standard InChI is InChI=1S/C16H17BrN2O2/c1-3-13-16(17)14(19(2)18-13)7-15(20)10-4-5-11-8-21-9-12(11)6-10/h4-6H,3,7-9H2,1-2H3. The number of Topliss-reactive ketones (excluding diaryl/α,β-unsaturated/α-hetero) is 1. The molecule has 1 aliphatic heterocycles. The van der Waals surface area contributed by atoms with Crippen LogP contribution in [0.15, 0.2) is 22.7 Å². The fourth-order valence-electron chi connectivity index (χ4n) is 2.61. The van der Waals surface area contributed by atoms with Crippen molar-refractivity contribution in [2.24, 2.45) is 7.05 Å². The number of rotatable bonds is 4. The van der Waals surface area contributed by atoms with Gasteiger partial charge in [-0.1, -0.05) is 19.1 Å². The van der Waals surface area contributed by atoms with Crippen molar-refractivity contribution in [3.05, 3.63) is 50.8 Å². The van der Waals surface area contributed by atoms with E-state index in [1.54, 1.807) is 4.68 Å². The third-order valence-electron chi connectivity index (χ3n) is 3.87. The van der Waals surface area contributed by atoms with Crippen molar-refractivity contribution < 1.29 is 9.53 Å². The Morgan fingerprint density at radius 2 is 2.14 bits per heavy atom. The molecule has 0 bridgehead atoms. The molecule has 3 rings (SSSR count). The predicted molar refractivity (Wildman–Crippen MR) is 83.3 cm³/mol. The highest BCUT2D eigenvalue weighted by Gasteiger charge is 2.18. The number of aryl methyl sites for hydroxylation is 2. The van der Waals surface area contributed by atoms with Crippen LogP contribution in [0.5, 0.6) is 0 Å². The van der Waals surface area contributed by atoms with Gasteiger partial charge < -0.3 is 4.74 Å². The zero-order valence-electron chi connectivity index (χ0n) is 12.1. The van der Waals surface area contributed by atoms with Crippen molar-refractivity contribution in [1.29, 1.82) is 0 Å². The number of halogens is 1. The number of ketones is 1. The second-order valence-corrected chi connectivity index (χ2v) is 6.05. The fourth-order valence-corrected chi connectivity index (χ4v) is 3.37. The second-order valence-electron chi connectivity index (χ2n) is 5.26. The lowest BCUT2D eigenvalue weighted by Gasteiger charge is -2.05. The monoisotopic (exact) mass is 348 g/mol. The number of nitrogens with zero attached hydrogens (tertiary/aromatic N) is 2. The van der Waals surface area contributed by atoms with E-state index in [9.17, 15) is 4.79 Å². The number of aromatic nitrogens is 2. The van der Waals surface area contributed by atoms with Crippen molar-refractivity contribution in [2.45, 2.75) is 33.0 Å². The Morgan fingerprint density at radius 3 is 2.86 bits per heavy atom. The molecule has 0 unspecified atom stereocenters. The van der Waals surface area contributed by atoms with Crippen LogP contribution in [-0.4, -0.2) is 15.6 Å². The van der Waals surface area contributed by atoms with Crippen molar-refractivity contribution in [1.82, 2.24) is 9.78 Å². The Balaban J connectivity index is 1.85. The summed E-state index contributed by atoms with van der Waals surface area (Å²) >= 11 is 3.56. The maximum Gasteiger partial charge on any atom is 0.168 e. The van der Waals surface area contributed by atoms with E-state index in [4.69, 9.17) is 4.74 Å². The highest BCUT2D eigenvalue weighted by Crippen LogP contribution is 2.25. The number of hydrogen-bond acceptors (Lipinski definition) is 3. The molecule has 1 aliphatic rings. The van der Waals surface area contributed by atoms with E-state index in [-0.39, 0.29) is 5.78 Å². The SMILES string of the molecule is CCc1nn(C)c(CC(=O)c2ccc3c(c2)COC3)c1Br. The van der Waals surface area contributed by atoms with Gasteiger partial charge in [0, 0.05) is 12.6 Å². The molecule has 0 saturated carbocycles. The Labute approximate surface area is 132 Å². The molecule has 0 radical (unpaired) electrons. The van der Waals surface area contributed by atoms with Gasteiger partial charge in [-0.05, 0) is 39.5 Å². The van der Waals surface area contributed by atoms with E-state index in [2.05, 4.69) is 28.0 Å². The third kappa shape index (κ3) is 2.68. The minimum absolute atomic E-state index is 0.107. The quantitative estimate of drug-likeness (QED) is 0.797. The van der Waals surface area contributed by atoms with Crippen molar-refractivity contribution in [2.75, 3.05) is 0 Å². The molecule has 2 heterocycles. The average molecular weight is 349 g/mol. The molecule has 0 N–H and O–H groups in total. The van der Waals surface area contributed by atoms with E-state index in [1.807, 2.05) is 25.2 Å². The molecule has 4 nitrogen and oxygen atoms in total. The lowest BCUT2D eigenvalue weighted by atomic mass is 10.0. The van der Waals surface area contributed by atoms with Crippen LogP contribution in [0.25, 0.3) is 0 Å². The van der Waals surface area contributed by atoms with Gasteiger partial charge in [-0.25, -0.2) is 0 Å². The van der Waals surface area contributed by atoms with Crippen LogP contribution in [0.2, 0.25) is 0 Å². The van der Waals surface area contributed by atoms with E-state index >= 15 is 0 Å². The summed E-state index contributed by atoms with van der Waals surface area (Å²) in [6.07, 6.45) is 1.20. The first-order chi connectivity index (χ1) is 10.1. The molecule has 0 amide bonds. The Hall–Kier alpha value is -1.46. The molecular formula is C16H17BrN2O2. The van der Waals surface area contributed by atoms with E-state index in [0.29, 0.717) is 19.6 Å². The van der Waals surface area contributed by atoms with Crippen LogP contribution in [0.3, 0.4) is 0 Å². The van der Waals surface area contributed by atoms with Crippen LogP contribution in [-0.2, 0) is 37.8 Å². The lowest BCUT2D eigenvalue weighted by molar-refractivity contribution is 0.0990. The smallest absolute Gasteiger partial charge is 0.168 e. The topological polar surface area (TPSA) is 44.1 Å². The van der Waals surface area contributed by atoms with E-state index < -0.39 is 0 Å². The number of benzene rings is 1. The zero-order chi connectivity index (χ0) is 15.0. The minimum Gasteiger partial charge on any atom is -0.372 e. The average Bonchev–Trinajstić information content (AvgIpc) is 3.05. The predicted octanol–water partition coefficient (Wildman–Crippen LogP) is 3.20. The molecule has 0 aliphatic carbocycles. The van der Waals surface area contributed by atoms with Gasteiger partial charge in [0.05, 0.1) is 35.5 Å². The molecule has 21 heavy (non-hydrogen) atoms. The third-order valence-corrected chi connectivity index (χ3v) is 4.79. The molecule has 2 aromatic rings. The number of fused-ring (bicyclic) bond motifs is 1. The molecular weight excluding hydrogens is 332 g/mol. The summed E-state index contributed by atoms with van der Waals surface area (Å²) in [6, 6.07) is 5.84. The van der Waals surface area contributed by atoms with Gasteiger partial charge in [-0.3, -0.25) is 9.48 Å². The van der Waals surface area contributed by atoms with Gasteiger partial charge in [0.15, 0.2) is 5.78 Å². The van der Waals surface area contributed by atoms with Gasteiger partial charge >= 0.3 is 0 Å². The summed E-state index contributed by atoms with van der Waals surface area (Å²) in [5.41, 5.74) is 4.96. The highest BCUT2D eigenvalue weighted by molar-refractivity contribution is 9.10. The van der Waals surface area contributed by atoms with Crippen LogP contribution in [0.4, 0.5) is 0 Å². The van der Waals surface area contributed by atoms with Gasteiger partial charge in [0.1, 0.15) is 0 Å². The summed E-state index contributed by atoms with van der Waals surface area (Å²) in [7, 11) is 1.88. The van der Waals surface area contributed by atoms with Gasteiger partial charge in [-0.15, -0.1) is 0 Å². The second kappa shape index (κ2) is 5.73. The van der Waals surface area contributed by atoms with Crippen LogP contribution in [0, 0.1) is 0 Å². The molecule has 1 aromatic carbocycles. The Morgan fingerprint density at radius 1 is 1.38 bits per heavy atom. The number of hydrogen-bond donors (Lipinski definition) is 0. The molecule has 0 atom stereocenters. The van der Waals surface area contributed by atoms with Crippen LogP contribution in [0.1, 0.15) is 39.8 Å². The molecule has 0 saturated heterocycles. The normalized spacial score (nSPS) is 13.5. The minimum atomic E-state index is 0.107. The van der Waals surface area contributed by atoms with Crippen molar-refractivity contribution in [3.63, 3.8) is 0 Å². The van der Waals surface area contributed by atoms with E-state index in [1.165, 1.54) is 5.56 Å². The fraction of sp³-hybridized carbons (Fsp3) is 0.375. The first-order valence-electron chi connectivity index (χ1n) is 7.03. The highest BCUT2D eigenvalue weighted by atomic mass is 79.9. The zero-order valence-corrected chi connectivity index (χ0v) is 13.7. The lowest BCUT2D eigenvalue weighted by Crippen LogP contribution is -2.09. The maximum atomic E-state index is 12.5. The summed E-state index contributed by atoms with van der Waals surface area (Å²) in [5.74, 6) is 0.107. The first kappa shape index (κ1) is 14.5. The Kier molecular flexibility index (Phi) is 3.95. The van der Waals surface area contributed by atoms with E-state index in [0.717, 1.165) is 33.4 Å². The summed E-state index contributed by atoms with van der Waals surface area (Å²) < 4.78 is 8.13. The van der Waals surface area contributed by atoms with Gasteiger partial charge in [0.25, 0.3) is 0 Å². The number of ether oxygens (including phenoxy) is 1. The summed E-state index contributed by atoms with van der Waals surface area (Å²) in [5, 5.41) is 4.43. The van der Waals surface area contributed by atoms with Gasteiger partial charge in [-0.2, -0.15) is 5.10 Å². The van der Waals surface area contributed by atoms with Crippen LogP contribution >= 0.6 is 15.9 Å². The van der Waals surface area contributed by atoms with Gasteiger partial charge in [0.2, 0.25) is 0 Å². The summed E-state index contributed by atoms with van der Waals surface area (Å²) in [4.78, 5) is 12.5. The molecule has 1 aromatic heterocycles. The largest absolute Gasteiger partial charge is 0.372 e. The molecule has 110 valence electrons. The molecule has 5 heteroatoms. The van der Waals surface area contributed by atoms with Crippen molar-refractivity contribution >= 4 is 21.7 Å². The summed E-state index contributed by atoms with van der Waals surface area (Å²) in [6.45, 7) is 3.31. The number of carbonyl (C=O) groups excluding carboxylic acids is 1. The van der Waals surface area contributed by atoms with Crippen LogP contribution < -0.4 is 0 Å². The Bertz CT molecular complexity index is 707. The first-order valence-corrected chi connectivity index (χ1v) is 7.82. The van der Waals surface area contributed by atoms with Crippen molar-refractivity contribution in [3.8, 4) is 0 Å². The number of carbonyl (C=O) groups is 1.